The fourth-order valence-electron chi connectivity index (χ4n) is 2.62. The van der Waals surface area contributed by atoms with Crippen LogP contribution >= 0.6 is 11.6 Å². The molecule has 5 heteroatoms. The van der Waals surface area contributed by atoms with Crippen LogP contribution in [-0.4, -0.2) is 23.3 Å². The Labute approximate surface area is 145 Å². The van der Waals surface area contributed by atoms with Crippen molar-refractivity contribution in [1.29, 1.82) is 0 Å². The van der Waals surface area contributed by atoms with Crippen LogP contribution in [0.15, 0.2) is 48.5 Å². The van der Waals surface area contributed by atoms with Gasteiger partial charge in [-0.25, -0.2) is 0 Å². The maximum Gasteiger partial charge on any atom is 0.227 e. The van der Waals surface area contributed by atoms with Crippen LogP contribution in [0.2, 0.25) is 5.02 Å². The number of carbonyl (C=O) groups is 2. The van der Waals surface area contributed by atoms with Crippen LogP contribution < -0.4 is 4.90 Å². The molecule has 1 heterocycles. The lowest BCUT2D eigenvalue weighted by Gasteiger charge is -2.15. The highest BCUT2D eigenvalue weighted by molar-refractivity contribution is 6.32. The van der Waals surface area contributed by atoms with Gasteiger partial charge >= 0.3 is 0 Å². The summed E-state index contributed by atoms with van der Waals surface area (Å²) in [6, 6.07) is 11.8. The number of hydrogen-bond acceptors (Lipinski definition) is 3. The number of hydrogen-bond donors (Lipinski definition) is 1. The minimum absolute atomic E-state index is 0.00666. The first-order valence-corrected chi connectivity index (χ1v) is 8.04. The number of phenols is 1. The molecule has 1 N–H and O–H groups in total. The molecule has 122 valence electrons. The van der Waals surface area contributed by atoms with Crippen LogP contribution in [0, 0.1) is 0 Å². The number of nitrogens with zero attached hydrogens (tertiary/aromatic N) is 1. The first-order chi connectivity index (χ1) is 11.5. The number of aromatic hydroxyl groups is 1. The van der Waals surface area contributed by atoms with Crippen LogP contribution in [0.1, 0.15) is 28.8 Å². The summed E-state index contributed by atoms with van der Waals surface area (Å²) in [6.45, 7) is 0.730. The van der Waals surface area contributed by atoms with E-state index in [2.05, 4.69) is 0 Å². The highest BCUT2D eigenvalue weighted by atomic mass is 35.5. The minimum atomic E-state index is -0.140. The summed E-state index contributed by atoms with van der Waals surface area (Å²) in [4.78, 5) is 25.7. The van der Waals surface area contributed by atoms with Gasteiger partial charge in [0.25, 0.3) is 0 Å². The van der Waals surface area contributed by atoms with E-state index in [1.54, 1.807) is 47.4 Å². The van der Waals surface area contributed by atoms with Gasteiger partial charge in [-0.15, -0.1) is 0 Å². The van der Waals surface area contributed by atoms with E-state index in [4.69, 9.17) is 11.6 Å². The number of ketones is 1. The van der Waals surface area contributed by atoms with Gasteiger partial charge in [-0.3, -0.25) is 9.59 Å². The Morgan fingerprint density at radius 3 is 2.54 bits per heavy atom. The first-order valence-electron chi connectivity index (χ1n) is 7.66. The molecular weight excluding hydrogens is 326 g/mol. The van der Waals surface area contributed by atoms with Gasteiger partial charge < -0.3 is 10.0 Å². The number of allylic oxidation sites excluding steroid dienone is 1. The van der Waals surface area contributed by atoms with Gasteiger partial charge in [0.2, 0.25) is 5.91 Å². The summed E-state index contributed by atoms with van der Waals surface area (Å²) in [7, 11) is 0. The molecule has 1 fully saturated rings. The van der Waals surface area contributed by atoms with Gasteiger partial charge in [0.15, 0.2) is 5.78 Å². The van der Waals surface area contributed by atoms with Crippen molar-refractivity contribution >= 4 is 35.1 Å². The lowest BCUT2D eigenvalue weighted by Crippen LogP contribution is -2.23. The Morgan fingerprint density at radius 1 is 1.17 bits per heavy atom. The molecule has 4 nitrogen and oxygen atoms in total. The summed E-state index contributed by atoms with van der Waals surface area (Å²) in [5.74, 6) is -0.0103. The van der Waals surface area contributed by atoms with E-state index < -0.39 is 0 Å². The second kappa shape index (κ2) is 6.89. The Balaban J connectivity index is 1.71. The number of anilines is 1. The predicted octanol–water partition coefficient (Wildman–Crippen LogP) is 4.07. The van der Waals surface area contributed by atoms with Gasteiger partial charge in [0.1, 0.15) is 5.75 Å². The third-order valence-corrected chi connectivity index (χ3v) is 4.24. The Hall–Kier alpha value is -2.59. The molecule has 0 spiro atoms. The van der Waals surface area contributed by atoms with Crippen molar-refractivity contribution < 1.29 is 14.7 Å². The molecule has 0 unspecified atom stereocenters. The predicted molar refractivity (Wildman–Crippen MR) is 94.5 cm³/mol. The van der Waals surface area contributed by atoms with Gasteiger partial charge in [0, 0.05) is 24.2 Å². The molecule has 2 aromatic rings. The van der Waals surface area contributed by atoms with Crippen molar-refractivity contribution in [2.24, 2.45) is 0 Å². The normalized spacial score (nSPS) is 14.5. The van der Waals surface area contributed by atoms with E-state index in [0.29, 0.717) is 12.0 Å². The van der Waals surface area contributed by atoms with Crippen molar-refractivity contribution in [3.05, 3.63) is 64.7 Å². The third kappa shape index (κ3) is 3.49. The third-order valence-electron chi connectivity index (χ3n) is 3.94. The Bertz CT molecular complexity index is 812. The maximum atomic E-state index is 12.2. The number of halogens is 1. The molecule has 0 atom stereocenters. The first kappa shape index (κ1) is 16.3. The lowest BCUT2D eigenvalue weighted by atomic mass is 10.1. The summed E-state index contributed by atoms with van der Waals surface area (Å²) in [6.07, 6.45) is 4.56. The summed E-state index contributed by atoms with van der Waals surface area (Å²) < 4.78 is 0. The number of amides is 1. The van der Waals surface area contributed by atoms with Crippen LogP contribution in [0.3, 0.4) is 0 Å². The highest BCUT2D eigenvalue weighted by Crippen LogP contribution is 2.24. The molecule has 0 aromatic heterocycles. The Kier molecular flexibility index (Phi) is 4.67. The summed E-state index contributed by atoms with van der Waals surface area (Å²) in [5, 5.41) is 9.62. The average Bonchev–Trinajstić information content (AvgIpc) is 3.02. The topological polar surface area (TPSA) is 57.6 Å². The number of rotatable bonds is 4. The van der Waals surface area contributed by atoms with E-state index in [9.17, 15) is 14.7 Å². The lowest BCUT2D eigenvalue weighted by molar-refractivity contribution is -0.117. The van der Waals surface area contributed by atoms with Crippen LogP contribution in [0.25, 0.3) is 6.08 Å². The van der Waals surface area contributed by atoms with Crippen LogP contribution in [0.4, 0.5) is 5.69 Å². The smallest absolute Gasteiger partial charge is 0.227 e. The number of benzene rings is 2. The standard InChI is InChI=1S/C19H16ClNO3/c20-16-12-13(4-10-18(16)23)3-9-17(22)14-5-7-15(8-6-14)21-11-1-2-19(21)24/h3-10,12,23H,1-2,11H2. The van der Waals surface area contributed by atoms with Crippen molar-refractivity contribution in [1.82, 2.24) is 0 Å². The van der Waals surface area contributed by atoms with E-state index in [1.165, 1.54) is 12.1 Å². The van der Waals surface area contributed by atoms with E-state index in [0.717, 1.165) is 24.2 Å². The molecule has 0 radical (unpaired) electrons. The quantitative estimate of drug-likeness (QED) is 0.673. The monoisotopic (exact) mass is 341 g/mol. The van der Waals surface area contributed by atoms with Crippen molar-refractivity contribution in [2.45, 2.75) is 12.8 Å². The molecule has 1 aliphatic rings. The number of carbonyl (C=O) groups excluding carboxylic acids is 2. The zero-order valence-corrected chi connectivity index (χ0v) is 13.7. The summed E-state index contributed by atoms with van der Waals surface area (Å²) in [5.41, 5.74) is 2.10. The zero-order chi connectivity index (χ0) is 17.1. The van der Waals surface area contributed by atoms with Crippen molar-refractivity contribution in [3.8, 4) is 5.75 Å². The molecule has 0 bridgehead atoms. The zero-order valence-electron chi connectivity index (χ0n) is 12.9. The second-order valence-corrected chi connectivity index (χ2v) is 6.01. The molecule has 24 heavy (non-hydrogen) atoms. The molecule has 1 aliphatic heterocycles. The van der Waals surface area contributed by atoms with Crippen LogP contribution in [-0.2, 0) is 4.79 Å². The van der Waals surface area contributed by atoms with Gasteiger partial charge in [-0.2, -0.15) is 0 Å². The Morgan fingerprint density at radius 2 is 1.92 bits per heavy atom. The molecule has 1 saturated heterocycles. The van der Waals surface area contributed by atoms with E-state index >= 15 is 0 Å². The van der Waals surface area contributed by atoms with Crippen LogP contribution in [0.5, 0.6) is 5.75 Å². The van der Waals surface area contributed by atoms with Gasteiger partial charge in [-0.05, 0) is 54.5 Å². The second-order valence-electron chi connectivity index (χ2n) is 5.60. The molecule has 2 aromatic carbocycles. The maximum absolute atomic E-state index is 12.2. The molecular formula is C19H16ClNO3. The van der Waals surface area contributed by atoms with Gasteiger partial charge in [0.05, 0.1) is 5.02 Å². The molecule has 0 saturated carbocycles. The van der Waals surface area contributed by atoms with Gasteiger partial charge in [-0.1, -0.05) is 23.7 Å². The minimum Gasteiger partial charge on any atom is -0.506 e. The van der Waals surface area contributed by atoms with E-state index in [-0.39, 0.29) is 22.5 Å². The fourth-order valence-corrected chi connectivity index (χ4v) is 2.81. The van der Waals surface area contributed by atoms with E-state index in [1.807, 2.05) is 0 Å². The molecule has 3 rings (SSSR count). The SMILES string of the molecule is O=C(C=Cc1ccc(O)c(Cl)c1)c1ccc(N2CCCC2=O)cc1. The fraction of sp³-hybridized carbons (Fsp3) is 0.158. The van der Waals surface area contributed by atoms with Crippen molar-refractivity contribution in [3.63, 3.8) is 0 Å². The largest absolute Gasteiger partial charge is 0.506 e. The average molecular weight is 342 g/mol. The van der Waals surface area contributed by atoms with Crippen molar-refractivity contribution in [2.75, 3.05) is 11.4 Å². The molecule has 1 amide bonds. The molecule has 0 aliphatic carbocycles. The number of phenolic OH excluding ortho intramolecular Hbond substituents is 1. The highest BCUT2D eigenvalue weighted by Gasteiger charge is 2.21. The summed E-state index contributed by atoms with van der Waals surface area (Å²) >= 11 is 5.84.